The zero-order valence-electron chi connectivity index (χ0n) is 12.5. The minimum absolute atomic E-state index is 0.282. The van der Waals surface area contributed by atoms with Crippen LogP contribution in [0.2, 0.25) is 0 Å². The number of guanidine groups is 1. The van der Waals surface area contributed by atoms with Crippen LogP contribution in [0.1, 0.15) is 23.0 Å². The Morgan fingerprint density at radius 3 is 2.65 bits per heavy atom. The summed E-state index contributed by atoms with van der Waals surface area (Å²) in [6, 6.07) is 7.53. The van der Waals surface area contributed by atoms with Crippen molar-refractivity contribution in [3.05, 3.63) is 47.9 Å². The molecule has 3 aromatic rings. The van der Waals surface area contributed by atoms with Crippen molar-refractivity contribution in [1.82, 2.24) is 19.7 Å². The van der Waals surface area contributed by atoms with E-state index < -0.39 is 5.91 Å². The molecule has 0 aliphatic heterocycles. The maximum Gasteiger partial charge on any atom is 0.283 e. The molecule has 0 unspecified atom stereocenters. The summed E-state index contributed by atoms with van der Waals surface area (Å²) in [7, 11) is 0. The van der Waals surface area contributed by atoms with Gasteiger partial charge in [0, 0.05) is 0 Å². The van der Waals surface area contributed by atoms with Gasteiger partial charge in [-0.05, 0) is 18.6 Å². The number of aromatic nitrogens is 4. The van der Waals surface area contributed by atoms with Crippen molar-refractivity contribution in [2.24, 2.45) is 16.5 Å². The average Bonchev–Trinajstić information content (AvgIpc) is 2.97. The molecule has 0 spiro atoms. The van der Waals surface area contributed by atoms with Crippen LogP contribution in [0.15, 0.2) is 41.7 Å². The summed E-state index contributed by atoms with van der Waals surface area (Å²) >= 11 is 0. The fourth-order valence-corrected chi connectivity index (χ4v) is 2.32. The standard InChI is InChI=1S/C15H15N7O/c1-2-12-9(14(23)21-15(16)17)7-19-22(12)13-8-18-10-5-3-4-6-11(10)20-13/h3-8H,2H2,1H3,(H4,16,17,21,23). The van der Waals surface area contributed by atoms with Crippen molar-refractivity contribution in [2.75, 3.05) is 0 Å². The molecule has 2 heterocycles. The molecule has 2 aromatic heterocycles. The number of aliphatic imine (C=N–C) groups is 1. The minimum atomic E-state index is -0.526. The van der Waals surface area contributed by atoms with E-state index in [1.165, 1.54) is 6.20 Å². The lowest BCUT2D eigenvalue weighted by atomic mass is 10.2. The Morgan fingerprint density at radius 1 is 1.22 bits per heavy atom. The quantitative estimate of drug-likeness (QED) is 0.544. The normalized spacial score (nSPS) is 10.7. The lowest BCUT2D eigenvalue weighted by molar-refractivity contribution is 0.100. The van der Waals surface area contributed by atoms with Crippen molar-refractivity contribution < 1.29 is 4.79 Å². The molecule has 8 nitrogen and oxygen atoms in total. The Bertz CT molecular complexity index is 909. The van der Waals surface area contributed by atoms with Crippen LogP contribution in [0.3, 0.4) is 0 Å². The Labute approximate surface area is 131 Å². The Kier molecular flexibility index (Phi) is 3.71. The van der Waals surface area contributed by atoms with Gasteiger partial charge in [0.05, 0.1) is 34.7 Å². The first-order valence-electron chi connectivity index (χ1n) is 7.03. The van der Waals surface area contributed by atoms with Gasteiger partial charge in [-0.3, -0.25) is 9.78 Å². The van der Waals surface area contributed by atoms with E-state index in [-0.39, 0.29) is 5.96 Å². The third-order valence-corrected chi connectivity index (χ3v) is 3.32. The first-order valence-corrected chi connectivity index (χ1v) is 7.03. The fraction of sp³-hybridized carbons (Fsp3) is 0.133. The van der Waals surface area contributed by atoms with E-state index in [4.69, 9.17) is 11.5 Å². The van der Waals surface area contributed by atoms with Crippen molar-refractivity contribution >= 4 is 22.9 Å². The predicted octanol–water partition coefficient (Wildman–Crippen LogP) is 0.792. The van der Waals surface area contributed by atoms with Crippen LogP contribution in [0.25, 0.3) is 16.9 Å². The number of hydrogen-bond donors (Lipinski definition) is 2. The van der Waals surface area contributed by atoms with Gasteiger partial charge in [-0.2, -0.15) is 10.1 Å². The smallest absolute Gasteiger partial charge is 0.283 e. The highest BCUT2D eigenvalue weighted by atomic mass is 16.1. The first kappa shape index (κ1) is 14.6. The molecule has 0 aliphatic rings. The average molecular weight is 309 g/mol. The summed E-state index contributed by atoms with van der Waals surface area (Å²) in [4.78, 5) is 24.5. The number of nitrogens with zero attached hydrogens (tertiary/aromatic N) is 5. The maximum absolute atomic E-state index is 12.1. The summed E-state index contributed by atoms with van der Waals surface area (Å²) in [5.41, 5.74) is 13.1. The van der Waals surface area contributed by atoms with Crippen LogP contribution in [-0.2, 0) is 6.42 Å². The molecule has 0 fully saturated rings. The Hall–Kier alpha value is -3.29. The van der Waals surface area contributed by atoms with Crippen LogP contribution in [0.5, 0.6) is 0 Å². The van der Waals surface area contributed by atoms with Gasteiger partial charge in [0.15, 0.2) is 11.8 Å². The number of para-hydroxylation sites is 2. The number of rotatable bonds is 3. The highest BCUT2D eigenvalue weighted by Crippen LogP contribution is 2.17. The van der Waals surface area contributed by atoms with E-state index in [1.807, 2.05) is 31.2 Å². The third-order valence-electron chi connectivity index (χ3n) is 3.32. The molecule has 3 rings (SSSR count). The van der Waals surface area contributed by atoms with Gasteiger partial charge in [0.2, 0.25) is 0 Å². The van der Waals surface area contributed by atoms with E-state index in [0.717, 1.165) is 11.0 Å². The predicted molar refractivity (Wildman–Crippen MR) is 86.2 cm³/mol. The van der Waals surface area contributed by atoms with E-state index in [1.54, 1.807) is 10.9 Å². The fourth-order valence-electron chi connectivity index (χ4n) is 2.32. The minimum Gasteiger partial charge on any atom is -0.370 e. The number of benzene rings is 1. The van der Waals surface area contributed by atoms with Crippen LogP contribution in [-0.4, -0.2) is 31.6 Å². The molecule has 0 bridgehead atoms. The summed E-state index contributed by atoms with van der Waals surface area (Å²) in [5, 5.41) is 4.23. The molecule has 116 valence electrons. The largest absolute Gasteiger partial charge is 0.370 e. The second-order valence-electron chi connectivity index (χ2n) is 4.83. The Balaban J connectivity index is 2.10. The lowest BCUT2D eigenvalue weighted by Crippen LogP contribution is -2.24. The SMILES string of the molecule is CCc1c(C(=O)N=C(N)N)cnn1-c1cnc2ccccc2n1. The van der Waals surface area contributed by atoms with Gasteiger partial charge in [-0.1, -0.05) is 19.1 Å². The number of carbonyl (C=O) groups excluding carboxylic acids is 1. The monoisotopic (exact) mass is 309 g/mol. The van der Waals surface area contributed by atoms with Gasteiger partial charge < -0.3 is 11.5 Å². The molecule has 0 atom stereocenters. The van der Waals surface area contributed by atoms with Gasteiger partial charge >= 0.3 is 0 Å². The molecule has 4 N–H and O–H groups in total. The molecule has 8 heteroatoms. The topological polar surface area (TPSA) is 125 Å². The molecule has 1 amide bonds. The van der Waals surface area contributed by atoms with Crippen molar-refractivity contribution in [3.63, 3.8) is 0 Å². The zero-order valence-corrected chi connectivity index (χ0v) is 12.5. The van der Waals surface area contributed by atoms with Crippen LogP contribution in [0.4, 0.5) is 0 Å². The number of hydrogen-bond acceptors (Lipinski definition) is 4. The van der Waals surface area contributed by atoms with Gasteiger partial charge in [0.1, 0.15) is 0 Å². The van der Waals surface area contributed by atoms with Crippen LogP contribution in [0, 0.1) is 0 Å². The highest BCUT2D eigenvalue weighted by Gasteiger charge is 2.18. The molecule has 23 heavy (non-hydrogen) atoms. The Morgan fingerprint density at radius 2 is 1.96 bits per heavy atom. The molecule has 0 saturated heterocycles. The van der Waals surface area contributed by atoms with E-state index in [2.05, 4.69) is 20.1 Å². The zero-order chi connectivity index (χ0) is 16.4. The molecule has 0 saturated carbocycles. The van der Waals surface area contributed by atoms with Crippen LogP contribution < -0.4 is 11.5 Å². The summed E-state index contributed by atoms with van der Waals surface area (Å²) in [6.45, 7) is 1.91. The summed E-state index contributed by atoms with van der Waals surface area (Å²) in [6.07, 6.45) is 3.61. The molecule has 0 aliphatic carbocycles. The van der Waals surface area contributed by atoms with Gasteiger partial charge in [-0.25, -0.2) is 9.67 Å². The molecule has 1 aromatic carbocycles. The van der Waals surface area contributed by atoms with E-state index in [9.17, 15) is 4.79 Å². The van der Waals surface area contributed by atoms with Crippen LogP contribution >= 0.6 is 0 Å². The van der Waals surface area contributed by atoms with Gasteiger partial charge in [0.25, 0.3) is 5.91 Å². The molecular formula is C15H15N7O. The highest BCUT2D eigenvalue weighted by molar-refractivity contribution is 6.02. The van der Waals surface area contributed by atoms with Gasteiger partial charge in [-0.15, -0.1) is 0 Å². The number of carbonyl (C=O) groups is 1. The van der Waals surface area contributed by atoms with Crippen molar-refractivity contribution in [3.8, 4) is 5.82 Å². The number of nitrogens with two attached hydrogens (primary N) is 2. The molecule has 0 radical (unpaired) electrons. The second kappa shape index (κ2) is 5.84. The lowest BCUT2D eigenvalue weighted by Gasteiger charge is -2.06. The third kappa shape index (κ3) is 2.73. The van der Waals surface area contributed by atoms with Crippen molar-refractivity contribution in [1.29, 1.82) is 0 Å². The molecular weight excluding hydrogens is 294 g/mol. The first-order chi connectivity index (χ1) is 11.1. The summed E-state index contributed by atoms with van der Waals surface area (Å²) < 4.78 is 1.58. The number of fused-ring (bicyclic) bond motifs is 1. The van der Waals surface area contributed by atoms with E-state index >= 15 is 0 Å². The second-order valence-corrected chi connectivity index (χ2v) is 4.83. The number of amides is 1. The van der Waals surface area contributed by atoms with E-state index in [0.29, 0.717) is 23.5 Å². The summed E-state index contributed by atoms with van der Waals surface area (Å²) in [5.74, 6) is -0.276. The maximum atomic E-state index is 12.1. The van der Waals surface area contributed by atoms with Crippen molar-refractivity contribution in [2.45, 2.75) is 13.3 Å².